The first-order chi connectivity index (χ1) is 15.5. The lowest BCUT2D eigenvalue weighted by molar-refractivity contribution is -0.156. The smallest absolute Gasteiger partial charge is 0.310 e. The second-order valence-electron chi connectivity index (χ2n) is 8.77. The lowest BCUT2D eigenvalue weighted by atomic mass is 9.78. The first-order valence-corrected chi connectivity index (χ1v) is 11.4. The van der Waals surface area contributed by atoms with Gasteiger partial charge in [0, 0.05) is 17.9 Å². The lowest BCUT2D eigenvalue weighted by Crippen LogP contribution is -2.42. The summed E-state index contributed by atoms with van der Waals surface area (Å²) >= 11 is 0. The molecule has 168 valence electrons. The second kappa shape index (κ2) is 9.55. The minimum atomic E-state index is -0.502. The zero-order valence-electron chi connectivity index (χ0n) is 18.7. The van der Waals surface area contributed by atoms with Crippen LogP contribution in [0.1, 0.15) is 42.4 Å². The molecule has 32 heavy (non-hydrogen) atoms. The van der Waals surface area contributed by atoms with E-state index in [2.05, 4.69) is 5.32 Å². The summed E-state index contributed by atoms with van der Waals surface area (Å²) < 4.78 is 5.38. The van der Waals surface area contributed by atoms with Gasteiger partial charge in [-0.3, -0.25) is 14.4 Å². The fourth-order valence-electron chi connectivity index (χ4n) is 4.79. The Morgan fingerprint density at radius 2 is 1.75 bits per heavy atom. The van der Waals surface area contributed by atoms with Gasteiger partial charge in [-0.1, -0.05) is 43.2 Å². The highest BCUT2D eigenvalue weighted by Gasteiger charge is 2.40. The Bertz CT molecular complexity index is 1030. The second-order valence-corrected chi connectivity index (χ2v) is 8.77. The van der Waals surface area contributed by atoms with Crippen molar-refractivity contribution in [2.75, 3.05) is 23.4 Å². The van der Waals surface area contributed by atoms with E-state index in [0.29, 0.717) is 25.1 Å². The summed E-state index contributed by atoms with van der Waals surface area (Å²) in [5.41, 5.74) is 4.88. The van der Waals surface area contributed by atoms with E-state index in [-0.39, 0.29) is 18.4 Å². The number of aryl methyl sites for hydroxylation is 1. The van der Waals surface area contributed by atoms with Gasteiger partial charge in [0.25, 0.3) is 5.91 Å². The molecule has 1 fully saturated rings. The standard InChI is InChI=1S/C26H30N2O4/c1-17-8-7-12-22(18(17)2)27-24(29)16-32-26(31)21-11-5-4-10-20(21)25(30)28-15-14-19-9-3-6-13-23(19)28/h3,6-9,12-13,20-21H,4-5,10-11,14-16H2,1-2H3,(H,27,29)/t20-,21-/m0/s1. The van der Waals surface area contributed by atoms with E-state index in [4.69, 9.17) is 4.74 Å². The molecule has 0 aromatic heterocycles. The van der Waals surface area contributed by atoms with Gasteiger partial charge in [0.15, 0.2) is 6.61 Å². The molecular formula is C26H30N2O4. The monoisotopic (exact) mass is 434 g/mol. The van der Waals surface area contributed by atoms with E-state index in [9.17, 15) is 14.4 Å². The number of ether oxygens (including phenoxy) is 1. The van der Waals surface area contributed by atoms with E-state index in [1.54, 1.807) is 0 Å². The molecule has 4 rings (SSSR count). The summed E-state index contributed by atoms with van der Waals surface area (Å²) in [6.45, 7) is 4.21. The molecule has 0 saturated heterocycles. The van der Waals surface area contributed by atoms with Gasteiger partial charge in [-0.2, -0.15) is 0 Å². The largest absolute Gasteiger partial charge is 0.455 e. The van der Waals surface area contributed by atoms with Crippen molar-refractivity contribution in [2.45, 2.75) is 46.0 Å². The van der Waals surface area contributed by atoms with Crippen LogP contribution in [0.3, 0.4) is 0 Å². The Kier molecular flexibility index (Phi) is 6.58. The molecule has 2 aromatic carbocycles. The van der Waals surface area contributed by atoms with Crippen LogP contribution in [0, 0.1) is 25.7 Å². The lowest BCUT2D eigenvalue weighted by Gasteiger charge is -2.32. The molecule has 1 heterocycles. The summed E-state index contributed by atoms with van der Waals surface area (Å²) in [5, 5.41) is 2.81. The summed E-state index contributed by atoms with van der Waals surface area (Å²) in [7, 11) is 0. The van der Waals surface area contributed by atoms with E-state index >= 15 is 0 Å². The number of carbonyl (C=O) groups excluding carboxylic acids is 3. The van der Waals surface area contributed by atoms with Crippen molar-refractivity contribution in [2.24, 2.45) is 11.8 Å². The molecule has 2 aliphatic rings. The molecule has 6 heteroatoms. The van der Waals surface area contributed by atoms with Crippen molar-refractivity contribution in [3.63, 3.8) is 0 Å². The van der Waals surface area contributed by atoms with Gasteiger partial charge < -0.3 is 15.0 Å². The number of benzene rings is 2. The average molecular weight is 435 g/mol. The van der Waals surface area contributed by atoms with Crippen molar-refractivity contribution >= 4 is 29.2 Å². The number of carbonyl (C=O) groups is 3. The Balaban J connectivity index is 1.38. The summed E-state index contributed by atoms with van der Waals surface area (Å²) in [6, 6.07) is 13.6. The number of para-hydroxylation sites is 1. The molecule has 2 amide bonds. The molecule has 0 bridgehead atoms. The predicted molar refractivity (Wildman–Crippen MR) is 123 cm³/mol. The van der Waals surface area contributed by atoms with Crippen LogP contribution in [-0.4, -0.2) is 30.9 Å². The van der Waals surface area contributed by atoms with Gasteiger partial charge in [0.1, 0.15) is 0 Å². The molecule has 0 unspecified atom stereocenters. The van der Waals surface area contributed by atoms with Gasteiger partial charge in [-0.15, -0.1) is 0 Å². The maximum Gasteiger partial charge on any atom is 0.310 e. The first kappa shape index (κ1) is 22.1. The van der Waals surface area contributed by atoms with E-state index in [0.717, 1.165) is 36.1 Å². The Labute approximate surface area is 188 Å². The molecule has 1 aliphatic heterocycles. The molecule has 1 aliphatic carbocycles. The first-order valence-electron chi connectivity index (χ1n) is 11.4. The van der Waals surface area contributed by atoms with Gasteiger partial charge in [0.05, 0.1) is 11.8 Å². The molecular weight excluding hydrogens is 404 g/mol. The van der Waals surface area contributed by atoms with Gasteiger partial charge in [-0.25, -0.2) is 0 Å². The van der Waals surface area contributed by atoms with Crippen LogP contribution in [0.4, 0.5) is 11.4 Å². The number of anilines is 2. The average Bonchev–Trinajstić information content (AvgIpc) is 3.24. The van der Waals surface area contributed by atoms with E-state index in [1.807, 2.05) is 61.2 Å². The third-order valence-corrected chi connectivity index (χ3v) is 6.76. The highest BCUT2D eigenvalue weighted by Crippen LogP contribution is 2.36. The van der Waals surface area contributed by atoms with Crippen LogP contribution in [0.2, 0.25) is 0 Å². The minimum Gasteiger partial charge on any atom is -0.455 e. The molecule has 6 nitrogen and oxygen atoms in total. The van der Waals surface area contributed by atoms with E-state index in [1.165, 1.54) is 5.56 Å². The number of esters is 1. The summed E-state index contributed by atoms with van der Waals surface area (Å²) in [4.78, 5) is 40.4. The van der Waals surface area contributed by atoms with Crippen LogP contribution < -0.4 is 10.2 Å². The van der Waals surface area contributed by atoms with Crippen molar-refractivity contribution in [1.82, 2.24) is 0 Å². The minimum absolute atomic E-state index is 0.00330. The van der Waals surface area contributed by atoms with Crippen molar-refractivity contribution in [3.05, 3.63) is 59.2 Å². The van der Waals surface area contributed by atoms with Crippen molar-refractivity contribution in [3.8, 4) is 0 Å². The fourth-order valence-corrected chi connectivity index (χ4v) is 4.79. The molecule has 2 atom stereocenters. The maximum absolute atomic E-state index is 13.4. The number of hydrogen-bond donors (Lipinski definition) is 1. The number of fused-ring (bicyclic) bond motifs is 1. The zero-order valence-corrected chi connectivity index (χ0v) is 18.7. The van der Waals surface area contributed by atoms with Gasteiger partial charge in [0.2, 0.25) is 5.91 Å². The predicted octanol–water partition coefficient (Wildman–Crippen LogP) is 4.18. The summed E-state index contributed by atoms with van der Waals surface area (Å²) in [6.07, 6.45) is 3.93. The normalized spacial score (nSPS) is 19.9. The zero-order chi connectivity index (χ0) is 22.7. The quantitative estimate of drug-likeness (QED) is 0.717. The number of amides is 2. The number of nitrogens with zero attached hydrogens (tertiary/aromatic N) is 1. The van der Waals surface area contributed by atoms with Crippen molar-refractivity contribution in [1.29, 1.82) is 0 Å². The molecule has 0 spiro atoms. The Hall–Kier alpha value is -3.15. The SMILES string of the molecule is Cc1cccc(NC(=O)COC(=O)[C@H]2CCCC[C@@H]2C(=O)N2CCc3ccccc32)c1C. The molecule has 1 N–H and O–H groups in total. The molecule has 2 aromatic rings. The number of hydrogen-bond acceptors (Lipinski definition) is 4. The van der Waals surface area contributed by atoms with Gasteiger partial charge >= 0.3 is 5.97 Å². The third-order valence-electron chi connectivity index (χ3n) is 6.76. The van der Waals surface area contributed by atoms with Crippen LogP contribution in [0.15, 0.2) is 42.5 Å². The fraction of sp³-hybridized carbons (Fsp3) is 0.423. The number of nitrogens with one attached hydrogen (secondary N) is 1. The summed E-state index contributed by atoms with van der Waals surface area (Å²) in [5.74, 6) is -1.73. The van der Waals surface area contributed by atoms with Crippen LogP contribution in [0.5, 0.6) is 0 Å². The van der Waals surface area contributed by atoms with Crippen molar-refractivity contribution < 1.29 is 19.1 Å². The molecule has 0 radical (unpaired) electrons. The highest BCUT2D eigenvalue weighted by molar-refractivity contribution is 5.99. The molecule has 1 saturated carbocycles. The topological polar surface area (TPSA) is 75.7 Å². The van der Waals surface area contributed by atoms with E-state index < -0.39 is 17.8 Å². The Morgan fingerprint density at radius 3 is 2.56 bits per heavy atom. The third kappa shape index (κ3) is 4.54. The van der Waals surface area contributed by atoms with Crippen LogP contribution >= 0.6 is 0 Å². The maximum atomic E-state index is 13.4. The highest BCUT2D eigenvalue weighted by atomic mass is 16.5. The number of rotatable bonds is 5. The van der Waals surface area contributed by atoms with Crippen LogP contribution in [-0.2, 0) is 25.5 Å². The van der Waals surface area contributed by atoms with Gasteiger partial charge in [-0.05, 0) is 61.9 Å². The Morgan fingerprint density at radius 1 is 1.00 bits per heavy atom. The van der Waals surface area contributed by atoms with Crippen LogP contribution in [0.25, 0.3) is 0 Å².